The van der Waals surface area contributed by atoms with Crippen LogP contribution in [0.4, 0.5) is 0 Å². The summed E-state index contributed by atoms with van der Waals surface area (Å²) in [7, 11) is 1.32. The predicted octanol–water partition coefficient (Wildman–Crippen LogP) is 6.09. The molecule has 5 heteroatoms. The van der Waals surface area contributed by atoms with E-state index in [0.29, 0.717) is 16.2 Å². The average molecular weight is 401 g/mol. The zero-order valence-corrected chi connectivity index (χ0v) is 17.6. The second kappa shape index (κ2) is 11.4. The smallest absolute Gasteiger partial charge is 0.338 e. The summed E-state index contributed by atoms with van der Waals surface area (Å²) in [6.45, 7) is 4.21. The number of aryl methyl sites for hydroxylation is 1. The van der Waals surface area contributed by atoms with Gasteiger partial charge in [-0.05, 0) is 49.1 Å². The van der Waals surface area contributed by atoms with Gasteiger partial charge in [-0.3, -0.25) is 4.79 Å². The molecule has 0 aliphatic heterocycles. The summed E-state index contributed by atoms with van der Waals surface area (Å²) < 4.78 is 10.3. The van der Waals surface area contributed by atoms with Crippen molar-refractivity contribution in [2.24, 2.45) is 0 Å². The molecule has 0 amide bonds. The number of ketones is 1. The third-order valence-corrected chi connectivity index (χ3v) is 5.41. The lowest BCUT2D eigenvalue weighted by atomic mass is 10.1. The van der Waals surface area contributed by atoms with Crippen LogP contribution in [0.1, 0.15) is 70.2 Å². The summed E-state index contributed by atoms with van der Waals surface area (Å²) in [5, 5.41) is 1.62. The van der Waals surface area contributed by atoms with Crippen LogP contribution in [0.5, 0.6) is 5.75 Å². The lowest BCUT2D eigenvalue weighted by Gasteiger charge is -2.08. The molecule has 2 aromatic rings. The molecular weight excluding hydrogens is 372 g/mol. The minimum absolute atomic E-state index is 0.0651. The topological polar surface area (TPSA) is 52.6 Å². The van der Waals surface area contributed by atoms with Gasteiger partial charge in [-0.2, -0.15) is 0 Å². The Morgan fingerprint density at radius 2 is 1.96 bits per heavy atom. The summed E-state index contributed by atoms with van der Waals surface area (Å²) in [4.78, 5) is 24.3. The SMILES string of the molecule is CCCCCC/C=C/c1cc(OCC(=O)c2cc(C(=O)OC)cs2)ccc1C. The quantitative estimate of drug-likeness (QED) is 0.260. The van der Waals surface area contributed by atoms with Crippen molar-refractivity contribution in [1.82, 2.24) is 0 Å². The van der Waals surface area contributed by atoms with E-state index in [9.17, 15) is 9.59 Å². The molecule has 0 fully saturated rings. The largest absolute Gasteiger partial charge is 0.485 e. The van der Waals surface area contributed by atoms with E-state index in [2.05, 4.69) is 30.7 Å². The molecule has 0 saturated heterocycles. The van der Waals surface area contributed by atoms with Crippen molar-refractivity contribution < 1.29 is 19.1 Å². The third kappa shape index (κ3) is 6.64. The molecule has 150 valence electrons. The molecule has 0 bridgehead atoms. The predicted molar refractivity (Wildman–Crippen MR) is 114 cm³/mol. The molecule has 0 N–H and O–H groups in total. The molecule has 1 aromatic carbocycles. The van der Waals surface area contributed by atoms with Gasteiger partial charge in [-0.1, -0.05) is 44.4 Å². The van der Waals surface area contributed by atoms with Gasteiger partial charge < -0.3 is 9.47 Å². The highest BCUT2D eigenvalue weighted by molar-refractivity contribution is 7.12. The summed E-state index contributed by atoms with van der Waals surface area (Å²) in [5.74, 6) is 0.0592. The monoisotopic (exact) mass is 400 g/mol. The second-order valence-electron chi connectivity index (χ2n) is 6.67. The molecule has 0 aliphatic rings. The summed E-state index contributed by atoms with van der Waals surface area (Å²) in [5.41, 5.74) is 2.66. The van der Waals surface area contributed by atoms with Crippen molar-refractivity contribution in [1.29, 1.82) is 0 Å². The highest BCUT2D eigenvalue weighted by Crippen LogP contribution is 2.21. The molecule has 0 radical (unpaired) electrons. The van der Waals surface area contributed by atoms with Crippen LogP contribution in [0.2, 0.25) is 0 Å². The van der Waals surface area contributed by atoms with Gasteiger partial charge in [0.05, 0.1) is 17.6 Å². The normalized spacial score (nSPS) is 11.0. The fourth-order valence-electron chi connectivity index (χ4n) is 2.71. The zero-order chi connectivity index (χ0) is 20.4. The van der Waals surface area contributed by atoms with E-state index in [4.69, 9.17) is 4.74 Å². The highest BCUT2D eigenvalue weighted by Gasteiger charge is 2.14. The lowest BCUT2D eigenvalue weighted by molar-refractivity contribution is 0.0601. The van der Waals surface area contributed by atoms with Crippen LogP contribution in [0, 0.1) is 6.92 Å². The molecule has 0 unspecified atom stereocenters. The molecule has 0 spiro atoms. The maximum absolute atomic E-state index is 12.3. The summed E-state index contributed by atoms with van der Waals surface area (Å²) in [6, 6.07) is 7.37. The Balaban J connectivity index is 1.91. The number of methoxy groups -OCH3 is 1. The summed E-state index contributed by atoms with van der Waals surface area (Å²) >= 11 is 1.22. The van der Waals surface area contributed by atoms with E-state index < -0.39 is 5.97 Å². The molecule has 1 heterocycles. The Kier molecular flexibility index (Phi) is 8.95. The van der Waals surface area contributed by atoms with Crippen molar-refractivity contribution in [3.8, 4) is 5.75 Å². The number of hydrogen-bond acceptors (Lipinski definition) is 5. The number of unbranched alkanes of at least 4 members (excludes halogenated alkanes) is 4. The lowest BCUT2D eigenvalue weighted by Crippen LogP contribution is -2.10. The first-order valence-electron chi connectivity index (χ1n) is 9.65. The van der Waals surface area contributed by atoms with Crippen molar-refractivity contribution in [3.05, 3.63) is 57.3 Å². The third-order valence-electron chi connectivity index (χ3n) is 4.44. The first kappa shape index (κ1) is 21.9. The fraction of sp³-hybridized carbons (Fsp3) is 0.391. The maximum Gasteiger partial charge on any atom is 0.338 e. The Morgan fingerprint density at radius 3 is 2.71 bits per heavy atom. The van der Waals surface area contributed by atoms with Crippen LogP contribution >= 0.6 is 11.3 Å². The van der Waals surface area contributed by atoms with Gasteiger partial charge in [-0.25, -0.2) is 4.79 Å². The molecule has 28 heavy (non-hydrogen) atoms. The maximum atomic E-state index is 12.3. The van der Waals surface area contributed by atoms with E-state index in [1.165, 1.54) is 49.7 Å². The number of esters is 1. The molecular formula is C23H28O4S. The van der Waals surface area contributed by atoms with Gasteiger partial charge >= 0.3 is 5.97 Å². The Bertz CT molecular complexity index is 820. The van der Waals surface area contributed by atoms with Crippen molar-refractivity contribution in [3.63, 3.8) is 0 Å². The second-order valence-corrected chi connectivity index (χ2v) is 7.58. The first-order chi connectivity index (χ1) is 13.5. The minimum Gasteiger partial charge on any atom is -0.485 e. The van der Waals surface area contributed by atoms with E-state index >= 15 is 0 Å². The average Bonchev–Trinajstić information content (AvgIpc) is 3.20. The standard InChI is InChI=1S/C23H28O4S/c1-4-5-6-7-8-9-10-18-13-20(12-11-17(18)2)27-15-21(24)22-14-19(16-28-22)23(25)26-3/h9-14,16H,4-8,15H2,1-3H3/b10-9+. The number of thiophene rings is 1. The zero-order valence-electron chi connectivity index (χ0n) is 16.8. The van der Waals surface area contributed by atoms with Gasteiger partial charge in [0.1, 0.15) is 5.75 Å². The van der Waals surface area contributed by atoms with E-state index in [0.717, 1.165) is 12.0 Å². The molecule has 0 atom stereocenters. The van der Waals surface area contributed by atoms with Crippen LogP contribution in [-0.2, 0) is 4.74 Å². The van der Waals surface area contributed by atoms with E-state index in [1.54, 1.807) is 11.4 Å². The Labute approximate surface area is 171 Å². The van der Waals surface area contributed by atoms with Gasteiger partial charge in [-0.15, -0.1) is 11.3 Å². The molecule has 2 rings (SSSR count). The van der Waals surface area contributed by atoms with Crippen molar-refractivity contribution in [2.75, 3.05) is 13.7 Å². The van der Waals surface area contributed by atoms with Crippen LogP contribution in [0.3, 0.4) is 0 Å². The van der Waals surface area contributed by atoms with E-state index in [1.807, 2.05) is 18.2 Å². The first-order valence-corrected chi connectivity index (χ1v) is 10.5. The Hall–Kier alpha value is -2.40. The van der Waals surface area contributed by atoms with Crippen molar-refractivity contribution in [2.45, 2.75) is 46.0 Å². The van der Waals surface area contributed by atoms with Gasteiger partial charge in [0.25, 0.3) is 0 Å². The minimum atomic E-state index is -0.444. The number of rotatable bonds is 11. The number of carbonyl (C=O) groups is 2. The number of hydrogen-bond donors (Lipinski definition) is 0. The number of carbonyl (C=O) groups excluding carboxylic acids is 2. The van der Waals surface area contributed by atoms with Gasteiger partial charge in [0.2, 0.25) is 5.78 Å². The fourth-order valence-corrected chi connectivity index (χ4v) is 3.52. The number of ether oxygens (including phenoxy) is 2. The van der Waals surface area contributed by atoms with Crippen LogP contribution in [-0.4, -0.2) is 25.5 Å². The van der Waals surface area contributed by atoms with Gasteiger partial charge in [0, 0.05) is 5.38 Å². The molecule has 0 saturated carbocycles. The van der Waals surface area contributed by atoms with Crippen molar-refractivity contribution >= 4 is 29.2 Å². The van der Waals surface area contributed by atoms with Crippen LogP contribution < -0.4 is 4.74 Å². The van der Waals surface area contributed by atoms with Crippen LogP contribution in [0.15, 0.2) is 35.7 Å². The number of benzene rings is 1. The Morgan fingerprint density at radius 1 is 1.14 bits per heavy atom. The number of allylic oxidation sites excluding steroid dienone is 1. The molecule has 1 aromatic heterocycles. The van der Waals surface area contributed by atoms with Crippen LogP contribution in [0.25, 0.3) is 6.08 Å². The molecule has 0 aliphatic carbocycles. The van der Waals surface area contributed by atoms with E-state index in [-0.39, 0.29) is 12.4 Å². The number of Topliss-reactive ketones (excluding diaryl/α,β-unsaturated/α-hetero) is 1. The summed E-state index contributed by atoms with van der Waals surface area (Å²) in [6.07, 6.45) is 10.4. The molecule has 4 nitrogen and oxygen atoms in total. The van der Waals surface area contributed by atoms with Gasteiger partial charge in [0.15, 0.2) is 6.61 Å². The highest BCUT2D eigenvalue weighted by atomic mass is 32.1.